The summed E-state index contributed by atoms with van der Waals surface area (Å²) in [6.45, 7) is 2.01. The molecule has 0 heterocycles. The van der Waals surface area contributed by atoms with Crippen molar-refractivity contribution in [1.82, 2.24) is 0 Å². The molecule has 1 N–H and O–H groups in total. The van der Waals surface area contributed by atoms with E-state index in [1.165, 1.54) is 0 Å². The van der Waals surface area contributed by atoms with E-state index in [1.807, 2.05) is 19.1 Å². The molecular formula is C18H15ClN2O2. The Labute approximate surface area is 139 Å². The number of para-hydroxylation sites is 1. The topological polar surface area (TPSA) is 70.0 Å². The molecule has 5 heteroatoms. The summed E-state index contributed by atoms with van der Waals surface area (Å²) in [5.41, 5.74) is 1.78. The Morgan fingerprint density at radius 2 is 1.83 bits per heavy atom. The minimum Gasteiger partial charge on any atom is -0.323 e. The van der Waals surface area contributed by atoms with Gasteiger partial charge < -0.3 is 5.32 Å². The van der Waals surface area contributed by atoms with Crippen molar-refractivity contribution in [3.8, 4) is 6.07 Å². The fourth-order valence-electron chi connectivity index (χ4n) is 2.08. The van der Waals surface area contributed by atoms with Crippen LogP contribution in [0.1, 0.15) is 22.8 Å². The summed E-state index contributed by atoms with van der Waals surface area (Å²) < 4.78 is 0. The van der Waals surface area contributed by atoms with Crippen LogP contribution in [0.5, 0.6) is 0 Å². The van der Waals surface area contributed by atoms with Gasteiger partial charge in [-0.1, -0.05) is 54.9 Å². The average Bonchev–Trinajstić information content (AvgIpc) is 2.57. The van der Waals surface area contributed by atoms with E-state index >= 15 is 0 Å². The van der Waals surface area contributed by atoms with E-state index in [1.54, 1.807) is 42.5 Å². The molecule has 0 spiro atoms. The molecule has 1 atom stereocenters. The van der Waals surface area contributed by atoms with Gasteiger partial charge in [0.15, 0.2) is 11.7 Å². The second kappa shape index (κ2) is 7.57. The first-order valence-electron chi connectivity index (χ1n) is 7.15. The number of nitrogens with zero attached hydrogens (tertiary/aromatic N) is 1. The highest BCUT2D eigenvalue weighted by Gasteiger charge is 2.27. The molecule has 1 amide bonds. The number of aryl methyl sites for hydroxylation is 1. The molecule has 0 fully saturated rings. The number of hydrogen-bond acceptors (Lipinski definition) is 3. The highest BCUT2D eigenvalue weighted by Crippen LogP contribution is 2.21. The van der Waals surface area contributed by atoms with Gasteiger partial charge in [-0.2, -0.15) is 5.26 Å². The molecule has 23 heavy (non-hydrogen) atoms. The monoisotopic (exact) mass is 326 g/mol. The number of ketones is 1. The van der Waals surface area contributed by atoms with Gasteiger partial charge in [-0.15, -0.1) is 0 Å². The lowest BCUT2D eigenvalue weighted by Gasteiger charge is -2.11. The Kier molecular flexibility index (Phi) is 5.51. The van der Waals surface area contributed by atoms with Crippen LogP contribution in [0.4, 0.5) is 5.69 Å². The Balaban J connectivity index is 2.18. The van der Waals surface area contributed by atoms with E-state index in [9.17, 15) is 14.9 Å². The summed E-state index contributed by atoms with van der Waals surface area (Å²) in [6, 6.07) is 15.3. The Bertz CT molecular complexity index is 763. The third-order valence-corrected chi connectivity index (χ3v) is 3.76. The molecule has 116 valence electrons. The molecule has 2 aromatic rings. The summed E-state index contributed by atoms with van der Waals surface area (Å²) in [5.74, 6) is -2.64. The number of rotatable bonds is 5. The van der Waals surface area contributed by atoms with Gasteiger partial charge in [-0.05, 0) is 24.1 Å². The van der Waals surface area contributed by atoms with Crippen LogP contribution in [0.2, 0.25) is 5.02 Å². The van der Waals surface area contributed by atoms with Crippen molar-refractivity contribution in [1.29, 1.82) is 5.26 Å². The molecule has 0 aliphatic heterocycles. The van der Waals surface area contributed by atoms with Crippen LogP contribution in [-0.2, 0) is 11.2 Å². The molecule has 0 saturated heterocycles. The van der Waals surface area contributed by atoms with Crippen LogP contribution in [0, 0.1) is 17.2 Å². The maximum Gasteiger partial charge on any atom is 0.249 e. The quantitative estimate of drug-likeness (QED) is 0.670. The zero-order chi connectivity index (χ0) is 16.8. The molecule has 0 saturated carbocycles. The van der Waals surface area contributed by atoms with Crippen LogP contribution in [0.15, 0.2) is 48.5 Å². The van der Waals surface area contributed by atoms with E-state index in [0.717, 1.165) is 12.0 Å². The van der Waals surface area contributed by atoms with Gasteiger partial charge in [0.2, 0.25) is 5.91 Å². The van der Waals surface area contributed by atoms with Gasteiger partial charge in [0.05, 0.1) is 16.8 Å². The first kappa shape index (κ1) is 16.7. The van der Waals surface area contributed by atoms with Crippen molar-refractivity contribution in [3.05, 3.63) is 64.7 Å². The number of amides is 1. The third kappa shape index (κ3) is 3.97. The largest absolute Gasteiger partial charge is 0.323 e. The highest BCUT2D eigenvalue weighted by atomic mass is 35.5. The van der Waals surface area contributed by atoms with Crippen LogP contribution in [0.3, 0.4) is 0 Å². The summed E-state index contributed by atoms with van der Waals surface area (Å²) in [6.07, 6.45) is 0.850. The Morgan fingerprint density at radius 1 is 1.17 bits per heavy atom. The van der Waals surface area contributed by atoms with Gasteiger partial charge in [-0.25, -0.2) is 0 Å². The Morgan fingerprint density at radius 3 is 2.39 bits per heavy atom. The predicted octanol–water partition coefficient (Wildman–Crippen LogP) is 3.86. The number of nitrogens with one attached hydrogen (secondary N) is 1. The maximum absolute atomic E-state index is 12.4. The molecule has 0 radical (unpaired) electrons. The fraction of sp³-hybridized carbons (Fsp3) is 0.167. The number of anilines is 1. The van der Waals surface area contributed by atoms with Gasteiger partial charge in [-0.3, -0.25) is 9.59 Å². The summed E-state index contributed by atoms with van der Waals surface area (Å²) in [7, 11) is 0. The first-order chi connectivity index (χ1) is 11.1. The average molecular weight is 327 g/mol. The van der Waals surface area contributed by atoms with Crippen molar-refractivity contribution in [2.45, 2.75) is 13.3 Å². The van der Waals surface area contributed by atoms with E-state index < -0.39 is 17.6 Å². The minimum absolute atomic E-state index is 0.336. The molecule has 1 unspecified atom stereocenters. The summed E-state index contributed by atoms with van der Waals surface area (Å²) >= 11 is 5.96. The normalized spacial score (nSPS) is 11.3. The number of Topliss-reactive ketones (excluding diaryl/α,β-unsaturated/α-hetero) is 1. The number of nitriles is 1. The summed E-state index contributed by atoms with van der Waals surface area (Å²) in [4.78, 5) is 24.6. The number of carbonyl (C=O) groups excluding carboxylic acids is 2. The number of hydrogen-bond donors (Lipinski definition) is 1. The zero-order valence-electron chi connectivity index (χ0n) is 12.5. The van der Waals surface area contributed by atoms with E-state index in [0.29, 0.717) is 16.3 Å². The van der Waals surface area contributed by atoms with Crippen molar-refractivity contribution in [2.24, 2.45) is 5.92 Å². The zero-order valence-corrected chi connectivity index (χ0v) is 13.3. The van der Waals surface area contributed by atoms with Crippen LogP contribution in [0.25, 0.3) is 0 Å². The predicted molar refractivity (Wildman–Crippen MR) is 89.3 cm³/mol. The molecule has 2 aromatic carbocycles. The first-order valence-corrected chi connectivity index (χ1v) is 7.52. The molecular weight excluding hydrogens is 312 g/mol. The number of benzene rings is 2. The molecule has 0 aliphatic rings. The van der Waals surface area contributed by atoms with E-state index in [2.05, 4.69) is 5.32 Å². The minimum atomic E-state index is -1.42. The maximum atomic E-state index is 12.4. The SMILES string of the molecule is CCc1ccc(C(=O)C(C#N)C(=O)Nc2ccccc2Cl)cc1. The van der Waals surface area contributed by atoms with Crippen molar-refractivity contribution in [3.63, 3.8) is 0 Å². The number of carbonyl (C=O) groups is 2. The van der Waals surface area contributed by atoms with Crippen molar-refractivity contribution < 1.29 is 9.59 Å². The lowest BCUT2D eigenvalue weighted by Crippen LogP contribution is -2.28. The lowest BCUT2D eigenvalue weighted by atomic mass is 9.97. The van der Waals surface area contributed by atoms with Gasteiger partial charge in [0, 0.05) is 5.56 Å². The van der Waals surface area contributed by atoms with E-state index in [-0.39, 0.29) is 0 Å². The second-order valence-electron chi connectivity index (χ2n) is 4.95. The second-order valence-corrected chi connectivity index (χ2v) is 5.35. The van der Waals surface area contributed by atoms with Gasteiger partial charge in [0.1, 0.15) is 0 Å². The van der Waals surface area contributed by atoms with Gasteiger partial charge in [0.25, 0.3) is 0 Å². The number of halogens is 1. The highest BCUT2D eigenvalue weighted by molar-refractivity contribution is 6.34. The van der Waals surface area contributed by atoms with Crippen LogP contribution >= 0.6 is 11.6 Å². The van der Waals surface area contributed by atoms with Crippen molar-refractivity contribution in [2.75, 3.05) is 5.32 Å². The molecule has 2 rings (SSSR count). The van der Waals surface area contributed by atoms with Crippen LogP contribution in [-0.4, -0.2) is 11.7 Å². The molecule has 0 aliphatic carbocycles. The third-order valence-electron chi connectivity index (χ3n) is 3.43. The van der Waals surface area contributed by atoms with Gasteiger partial charge >= 0.3 is 0 Å². The molecule has 0 bridgehead atoms. The molecule has 0 aromatic heterocycles. The lowest BCUT2D eigenvalue weighted by molar-refractivity contribution is -0.117. The standard InChI is InChI=1S/C18H15ClN2O2/c1-2-12-7-9-13(10-8-12)17(22)14(11-20)18(23)21-16-6-4-3-5-15(16)19/h3-10,14H,2H2,1H3,(H,21,23). The van der Waals surface area contributed by atoms with Crippen LogP contribution < -0.4 is 5.32 Å². The molecule has 4 nitrogen and oxygen atoms in total. The smallest absolute Gasteiger partial charge is 0.249 e. The summed E-state index contributed by atoms with van der Waals surface area (Å²) in [5, 5.41) is 12.1. The van der Waals surface area contributed by atoms with Crippen molar-refractivity contribution >= 4 is 29.0 Å². The fourth-order valence-corrected chi connectivity index (χ4v) is 2.26. The Hall–Kier alpha value is -2.64. The van der Waals surface area contributed by atoms with E-state index in [4.69, 9.17) is 11.6 Å².